The quantitative estimate of drug-likeness (QED) is 0.396. The average molecular weight is 529 g/mol. The van der Waals surface area contributed by atoms with Crippen LogP contribution in [0.1, 0.15) is 26.2 Å². The lowest BCUT2D eigenvalue weighted by Gasteiger charge is -2.34. The van der Waals surface area contributed by atoms with E-state index in [1.54, 1.807) is 18.3 Å². The molecular formula is C30H33FN6O2. The summed E-state index contributed by atoms with van der Waals surface area (Å²) in [5, 5.41) is 16.2. The first-order valence-corrected chi connectivity index (χ1v) is 13.9. The number of rotatable bonds is 5. The Morgan fingerprint density at radius 1 is 1.08 bits per heavy atom. The van der Waals surface area contributed by atoms with Crippen LogP contribution in [0.3, 0.4) is 0 Å². The van der Waals surface area contributed by atoms with Crippen LogP contribution in [0.5, 0.6) is 11.8 Å². The van der Waals surface area contributed by atoms with Gasteiger partial charge in [-0.2, -0.15) is 9.97 Å². The van der Waals surface area contributed by atoms with Crippen LogP contribution in [0.15, 0.2) is 42.6 Å². The van der Waals surface area contributed by atoms with Gasteiger partial charge in [-0.1, -0.05) is 31.2 Å². The molecule has 4 aromatic rings. The number of phenols is 1. The van der Waals surface area contributed by atoms with Crippen molar-refractivity contribution in [2.75, 3.05) is 38.2 Å². The zero-order chi connectivity index (χ0) is 26.7. The molecule has 0 saturated carbocycles. The largest absolute Gasteiger partial charge is 0.508 e. The summed E-state index contributed by atoms with van der Waals surface area (Å²) in [7, 11) is 2.11. The highest BCUT2D eigenvalue weighted by atomic mass is 19.1. The van der Waals surface area contributed by atoms with Crippen molar-refractivity contribution in [3.8, 4) is 23.0 Å². The molecule has 3 aliphatic rings. The predicted molar refractivity (Wildman–Crippen MR) is 150 cm³/mol. The monoisotopic (exact) mass is 528 g/mol. The topological polar surface area (TPSA) is 86.6 Å². The maximum Gasteiger partial charge on any atom is 0.319 e. The highest BCUT2D eigenvalue weighted by Crippen LogP contribution is 2.37. The normalized spacial score (nSPS) is 25.2. The molecule has 2 bridgehead atoms. The summed E-state index contributed by atoms with van der Waals surface area (Å²) in [6, 6.07) is 12.1. The second-order valence-electron chi connectivity index (χ2n) is 11.5. The van der Waals surface area contributed by atoms with Crippen LogP contribution in [-0.4, -0.2) is 76.4 Å². The molecule has 3 aliphatic heterocycles. The van der Waals surface area contributed by atoms with Gasteiger partial charge in [0.2, 0.25) is 0 Å². The van der Waals surface area contributed by atoms with Crippen LogP contribution in [0, 0.1) is 11.7 Å². The molecule has 0 amide bonds. The van der Waals surface area contributed by atoms with E-state index in [-0.39, 0.29) is 29.0 Å². The number of aromatic nitrogens is 3. The maximum atomic E-state index is 16.4. The number of hydrogen-bond acceptors (Lipinski definition) is 8. The van der Waals surface area contributed by atoms with Gasteiger partial charge >= 0.3 is 6.01 Å². The Kier molecular flexibility index (Phi) is 6.01. The van der Waals surface area contributed by atoms with Crippen molar-refractivity contribution in [1.82, 2.24) is 25.2 Å². The van der Waals surface area contributed by atoms with Crippen LogP contribution in [0.4, 0.5) is 10.2 Å². The third kappa shape index (κ3) is 4.43. The summed E-state index contributed by atoms with van der Waals surface area (Å²) in [5.74, 6) is 0.793. The Labute approximate surface area is 226 Å². The van der Waals surface area contributed by atoms with Gasteiger partial charge in [0.25, 0.3) is 0 Å². The Morgan fingerprint density at radius 3 is 2.64 bits per heavy atom. The molecular weight excluding hydrogens is 495 g/mol. The summed E-state index contributed by atoms with van der Waals surface area (Å²) >= 11 is 0. The van der Waals surface area contributed by atoms with Crippen LogP contribution < -0.4 is 15.0 Å². The number of aromatic hydroxyl groups is 1. The number of fused-ring (bicyclic) bond motifs is 4. The van der Waals surface area contributed by atoms with E-state index in [0.717, 1.165) is 49.7 Å². The fraction of sp³-hybridized carbons (Fsp3) is 0.433. The molecule has 9 heteroatoms. The SMILES string of the molecule is C[C@@H]1C[C@@H](COc2nc(N3CC4CCC(C3)N4)c3cnc(-c4cc(O)cc5ccccc45)c(F)c3n2)N(C)C1. The van der Waals surface area contributed by atoms with Gasteiger partial charge in [-0.25, -0.2) is 4.39 Å². The lowest BCUT2D eigenvalue weighted by Crippen LogP contribution is -2.51. The molecule has 5 heterocycles. The van der Waals surface area contributed by atoms with Crippen LogP contribution in [0.25, 0.3) is 32.9 Å². The Hall–Kier alpha value is -3.56. The number of benzene rings is 2. The van der Waals surface area contributed by atoms with Crippen molar-refractivity contribution in [3.05, 3.63) is 48.4 Å². The van der Waals surface area contributed by atoms with Crippen LogP contribution >= 0.6 is 0 Å². The number of ether oxygens (including phenoxy) is 1. The Morgan fingerprint density at radius 2 is 1.87 bits per heavy atom. The highest BCUT2D eigenvalue weighted by Gasteiger charge is 2.34. The van der Waals surface area contributed by atoms with E-state index in [1.165, 1.54) is 0 Å². The second kappa shape index (κ2) is 9.57. The first-order valence-electron chi connectivity index (χ1n) is 13.9. The molecule has 3 fully saturated rings. The molecule has 2 aromatic heterocycles. The van der Waals surface area contributed by atoms with Crippen molar-refractivity contribution in [2.45, 2.75) is 44.3 Å². The van der Waals surface area contributed by atoms with Gasteiger partial charge in [0.15, 0.2) is 5.82 Å². The molecule has 4 atom stereocenters. The van der Waals surface area contributed by atoms with E-state index >= 15 is 4.39 Å². The molecule has 3 saturated heterocycles. The number of likely N-dealkylation sites (N-methyl/N-ethyl adjacent to an activating group) is 1. The van der Waals surface area contributed by atoms with Gasteiger partial charge in [0.05, 0.1) is 5.39 Å². The lowest BCUT2D eigenvalue weighted by molar-refractivity contribution is 0.188. The predicted octanol–water partition coefficient (Wildman–Crippen LogP) is 4.35. The molecule has 7 rings (SSSR count). The van der Waals surface area contributed by atoms with Crippen molar-refractivity contribution >= 4 is 27.5 Å². The third-order valence-corrected chi connectivity index (χ3v) is 8.56. The van der Waals surface area contributed by atoms with Crippen LogP contribution in [-0.2, 0) is 0 Å². The van der Waals surface area contributed by atoms with E-state index in [9.17, 15) is 5.11 Å². The first-order chi connectivity index (χ1) is 18.9. The molecule has 2 aromatic carbocycles. The van der Waals surface area contributed by atoms with Gasteiger partial charge in [-0.05, 0) is 55.1 Å². The number of likely N-dealkylation sites (tertiary alicyclic amines) is 1. The summed E-state index contributed by atoms with van der Waals surface area (Å²) in [4.78, 5) is 18.5. The molecule has 0 aliphatic carbocycles. The molecule has 0 spiro atoms. The number of pyridine rings is 1. The van der Waals surface area contributed by atoms with E-state index < -0.39 is 5.82 Å². The van der Waals surface area contributed by atoms with E-state index in [4.69, 9.17) is 9.72 Å². The molecule has 39 heavy (non-hydrogen) atoms. The number of hydrogen-bond donors (Lipinski definition) is 2. The van der Waals surface area contributed by atoms with Crippen LogP contribution in [0.2, 0.25) is 0 Å². The van der Waals surface area contributed by atoms with Crippen molar-refractivity contribution in [2.24, 2.45) is 5.92 Å². The third-order valence-electron chi connectivity index (χ3n) is 8.56. The molecule has 202 valence electrons. The van der Waals surface area contributed by atoms with Crippen molar-refractivity contribution in [3.63, 3.8) is 0 Å². The number of halogens is 1. The summed E-state index contributed by atoms with van der Waals surface area (Å²) in [6.45, 7) is 5.32. The van der Waals surface area contributed by atoms with Crippen molar-refractivity contribution in [1.29, 1.82) is 0 Å². The number of phenolic OH excluding ortho intramolecular Hbond substituents is 1. The zero-order valence-corrected chi connectivity index (χ0v) is 22.3. The summed E-state index contributed by atoms with van der Waals surface area (Å²) < 4.78 is 22.6. The fourth-order valence-electron chi connectivity index (χ4n) is 6.70. The first kappa shape index (κ1) is 24.5. The van der Waals surface area contributed by atoms with Gasteiger partial charge in [0, 0.05) is 49.5 Å². The Bertz CT molecular complexity index is 1550. The number of anilines is 1. The molecule has 8 nitrogen and oxygen atoms in total. The second-order valence-corrected chi connectivity index (χ2v) is 11.5. The van der Waals surface area contributed by atoms with Gasteiger partial charge in [-0.3, -0.25) is 9.88 Å². The van der Waals surface area contributed by atoms with Crippen molar-refractivity contribution < 1.29 is 14.2 Å². The standard InChI is InChI=1S/C30H33FN6O2/c1-17-9-21(36(2)13-17)16-39-30-34-28-25(29(35-30)37-14-19-7-8-20(15-37)33-19)12-32-27(26(28)31)24-11-22(38)10-18-5-3-4-6-23(18)24/h3-6,10-12,17,19-21,33,38H,7-9,13-16H2,1-2H3/t17-,19?,20?,21+/m1/s1. The minimum absolute atomic E-state index is 0.0589. The molecule has 0 radical (unpaired) electrons. The Balaban J connectivity index is 1.34. The smallest absolute Gasteiger partial charge is 0.319 e. The summed E-state index contributed by atoms with van der Waals surface area (Å²) in [6.07, 6.45) is 4.97. The van der Waals surface area contributed by atoms with Gasteiger partial charge in [-0.15, -0.1) is 0 Å². The number of piperazine rings is 1. The zero-order valence-electron chi connectivity index (χ0n) is 22.3. The number of nitrogens with zero attached hydrogens (tertiary/aromatic N) is 5. The average Bonchev–Trinajstić information content (AvgIpc) is 3.44. The van der Waals surface area contributed by atoms with E-state index in [2.05, 4.69) is 39.1 Å². The maximum absolute atomic E-state index is 16.4. The molecule has 2 unspecified atom stereocenters. The minimum atomic E-state index is -0.540. The number of nitrogens with one attached hydrogen (secondary N) is 1. The lowest BCUT2D eigenvalue weighted by atomic mass is 10.0. The summed E-state index contributed by atoms with van der Waals surface area (Å²) in [5.41, 5.74) is 0.857. The van der Waals surface area contributed by atoms with Gasteiger partial charge < -0.3 is 20.1 Å². The minimum Gasteiger partial charge on any atom is -0.508 e. The fourth-order valence-corrected chi connectivity index (χ4v) is 6.70. The molecule has 2 N–H and O–H groups in total. The van der Waals surface area contributed by atoms with E-state index in [1.807, 2.05) is 24.3 Å². The highest BCUT2D eigenvalue weighted by molar-refractivity contribution is 5.99. The van der Waals surface area contributed by atoms with Gasteiger partial charge in [0.1, 0.15) is 29.4 Å². The van der Waals surface area contributed by atoms with E-state index in [0.29, 0.717) is 41.4 Å².